The number of aliphatic hydroxyl groups is 7. The van der Waals surface area contributed by atoms with E-state index in [1.165, 1.54) is 70.6 Å². The van der Waals surface area contributed by atoms with Crippen LogP contribution in [0.5, 0.6) is 0 Å². The minimum Gasteiger partial charge on any atom is -0.462 e. The Morgan fingerprint density at radius 1 is 0.485 bits per heavy atom. The van der Waals surface area contributed by atoms with Crippen molar-refractivity contribution in [3.05, 3.63) is 60.8 Å². The van der Waals surface area contributed by atoms with Gasteiger partial charge in [0.05, 0.1) is 19.8 Å². The molecule has 0 radical (unpaired) electrons. The topological polar surface area (TPSA) is 231 Å². The van der Waals surface area contributed by atoms with Crippen LogP contribution in [0.15, 0.2) is 60.8 Å². The predicted octanol–water partition coefficient (Wildman–Crippen LogP) is 7.27. The second-order valence-electron chi connectivity index (χ2n) is 18.0. The van der Waals surface area contributed by atoms with Gasteiger partial charge in [0.25, 0.3) is 0 Å². The molecule has 0 aromatic rings. The van der Waals surface area contributed by atoms with Gasteiger partial charge in [0.2, 0.25) is 0 Å². The lowest BCUT2D eigenvalue weighted by molar-refractivity contribution is -0.332. The second-order valence-corrected chi connectivity index (χ2v) is 18.0. The van der Waals surface area contributed by atoms with Crippen LogP contribution < -0.4 is 0 Å². The van der Waals surface area contributed by atoms with Crippen LogP contribution in [-0.4, -0.2) is 142 Å². The maximum atomic E-state index is 13.0. The first-order valence-corrected chi connectivity index (χ1v) is 25.9. The highest BCUT2D eigenvalue weighted by molar-refractivity contribution is 5.70. The Morgan fingerprint density at radius 3 is 1.44 bits per heavy atom. The number of rotatable bonds is 39. The molecule has 0 bridgehead atoms. The molecule has 11 atom stereocenters. The predicted molar refractivity (Wildman–Crippen MR) is 261 cm³/mol. The molecule has 2 fully saturated rings. The normalized spacial score (nSPS) is 26.2. The maximum absolute atomic E-state index is 13.0. The fourth-order valence-electron chi connectivity index (χ4n) is 7.78. The molecular formula is C53H90O15. The van der Waals surface area contributed by atoms with Crippen molar-refractivity contribution in [2.24, 2.45) is 0 Å². The summed E-state index contributed by atoms with van der Waals surface area (Å²) in [4.78, 5) is 25.7. The minimum absolute atomic E-state index is 0.139. The Labute approximate surface area is 407 Å². The van der Waals surface area contributed by atoms with E-state index in [4.69, 9.17) is 28.4 Å². The van der Waals surface area contributed by atoms with Crippen LogP contribution in [-0.2, 0) is 38.0 Å². The number of hydrogen-bond acceptors (Lipinski definition) is 15. The lowest BCUT2D eigenvalue weighted by atomic mass is 9.98. The van der Waals surface area contributed by atoms with E-state index in [0.29, 0.717) is 19.3 Å². The Hall–Kier alpha value is -2.80. The molecule has 4 unspecified atom stereocenters. The van der Waals surface area contributed by atoms with Crippen LogP contribution in [0.2, 0.25) is 0 Å². The number of ether oxygens (including phenoxy) is 6. The SMILES string of the molecule is CC/C=C/C/C=C/C/C=C/C/C=C/C/C=C/CCCC(=O)OC[C@@H](CO[C@@H]1O[C@H](CO[C@@H]2O[C@H](CO)[C@H](O)C(O)C2O)[C@H](O)C(O)C1O)OC(=O)CCCCCCCCCCCCCCCCC. The quantitative estimate of drug-likeness (QED) is 0.0183. The van der Waals surface area contributed by atoms with Crippen molar-refractivity contribution in [2.75, 3.05) is 26.4 Å². The van der Waals surface area contributed by atoms with Crippen molar-refractivity contribution in [2.45, 2.75) is 235 Å². The van der Waals surface area contributed by atoms with Crippen LogP contribution in [0.3, 0.4) is 0 Å². The monoisotopic (exact) mass is 967 g/mol. The number of unbranched alkanes of at least 4 members (excludes halogenated alkanes) is 15. The van der Waals surface area contributed by atoms with Gasteiger partial charge in [0.1, 0.15) is 55.4 Å². The maximum Gasteiger partial charge on any atom is 0.306 e. The third-order valence-corrected chi connectivity index (χ3v) is 12.0. The average Bonchev–Trinajstić information content (AvgIpc) is 3.33. The summed E-state index contributed by atoms with van der Waals surface area (Å²) >= 11 is 0. The molecule has 2 heterocycles. The second kappa shape index (κ2) is 39.9. The molecule has 2 rings (SSSR count). The molecule has 15 nitrogen and oxygen atoms in total. The molecule has 15 heteroatoms. The van der Waals surface area contributed by atoms with Gasteiger partial charge in [-0.2, -0.15) is 0 Å². The van der Waals surface area contributed by atoms with Crippen molar-refractivity contribution in [3.63, 3.8) is 0 Å². The van der Waals surface area contributed by atoms with Crippen LogP contribution in [0.25, 0.3) is 0 Å². The number of aliphatic hydroxyl groups excluding tert-OH is 7. The number of carbonyl (C=O) groups is 2. The number of allylic oxidation sites excluding steroid dienone is 10. The fourth-order valence-corrected chi connectivity index (χ4v) is 7.78. The first-order valence-electron chi connectivity index (χ1n) is 25.9. The Morgan fingerprint density at radius 2 is 0.926 bits per heavy atom. The van der Waals surface area contributed by atoms with Gasteiger partial charge >= 0.3 is 11.9 Å². The van der Waals surface area contributed by atoms with Gasteiger partial charge in [-0.25, -0.2) is 0 Å². The first-order chi connectivity index (χ1) is 33.0. The van der Waals surface area contributed by atoms with E-state index in [0.717, 1.165) is 51.4 Å². The van der Waals surface area contributed by atoms with Crippen LogP contribution in [0.4, 0.5) is 0 Å². The highest BCUT2D eigenvalue weighted by Gasteiger charge is 2.47. The first kappa shape index (κ1) is 61.3. The van der Waals surface area contributed by atoms with Crippen molar-refractivity contribution in [1.82, 2.24) is 0 Å². The average molecular weight is 967 g/mol. The van der Waals surface area contributed by atoms with Gasteiger partial charge in [-0.15, -0.1) is 0 Å². The van der Waals surface area contributed by atoms with E-state index in [-0.39, 0.29) is 19.4 Å². The van der Waals surface area contributed by atoms with E-state index in [9.17, 15) is 45.3 Å². The highest BCUT2D eigenvalue weighted by atomic mass is 16.7. The molecule has 68 heavy (non-hydrogen) atoms. The van der Waals surface area contributed by atoms with E-state index in [2.05, 4.69) is 62.5 Å². The zero-order chi connectivity index (χ0) is 49.6. The molecule has 2 aliphatic rings. The third-order valence-electron chi connectivity index (χ3n) is 12.0. The van der Waals surface area contributed by atoms with E-state index < -0.39 is 99.3 Å². The van der Waals surface area contributed by atoms with Crippen molar-refractivity contribution in [3.8, 4) is 0 Å². The Bertz CT molecular complexity index is 1420. The Balaban J connectivity index is 1.83. The van der Waals surface area contributed by atoms with Crippen molar-refractivity contribution < 1.29 is 73.8 Å². The fraction of sp³-hybridized carbons (Fsp3) is 0.774. The lowest BCUT2D eigenvalue weighted by Gasteiger charge is -2.42. The number of carbonyl (C=O) groups excluding carboxylic acids is 2. The summed E-state index contributed by atoms with van der Waals surface area (Å²) in [6.07, 6.45) is 28.2. The van der Waals surface area contributed by atoms with Gasteiger partial charge in [-0.3, -0.25) is 9.59 Å². The van der Waals surface area contributed by atoms with Crippen LogP contribution >= 0.6 is 0 Å². The molecular weight excluding hydrogens is 877 g/mol. The lowest BCUT2D eigenvalue weighted by Crippen LogP contribution is -2.61. The zero-order valence-electron chi connectivity index (χ0n) is 41.3. The molecule has 0 aromatic heterocycles. The zero-order valence-corrected chi connectivity index (χ0v) is 41.3. The molecule has 0 amide bonds. The van der Waals surface area contributed by atoms with Gasteiger partial charge in [-0.05, 0) is 51.4 Å². The summed E-state index contributed by atoms with van der Waals surface area (Å²) in [5, 5.41) is 72.1. The largest absolute Gasteiger partial charge is 0.462 e. The van der Waals surface area contributed by atoms with Gasteiger partial charge in [0.15, 0.2) is 18.7 Å². The molecule has 0 spiro atoms. The highest BCUT2D eigenvalue weighted by Crippen LogP contribution is 2.26. The van der Waals surface area contributed by atoms with E-state index in [1.54, 1.807) is 0 Å². The number of esters is 2. The van der Waals surface area contributed by atoms with Gasteiger partial charge in [0, 0.05) is 12.8 Å². The Kier molecular flexibility index (Phi) is 36.0. The summed E-state index contributed by atoms with van der Waals surface area (Å²) in [6.45, 7) is 2.41. The van der Waals surface area contributed by atoms with Gasteiger partial charge < -0.3 is 64.2 Å². The summed E-state index contributed by atoms with van der Waals surface area (Å²) in [7, 11) is 0. The summed E-state index contributed by atoms with van der Waals surface area (Å²) in [6, 6.07) is 0. The van der Waals surface area contributed by atoms with Crippen LogP contribution in [0.1, 0.15) is 168 Å². The van der Waals surface area contributed by atoms with Gasteiger partial charge in [-0.1, -0.05) is 164 Å². The molecule has 0 aromatic carbocycles. The number of hydrogen-bond donors (Lipinski definition) is 7. The van der Waals surface area contributed by atoms with Crippen LogP contribution in [0, 0.1) is 0 Å². The standard InChI is InChI=1S/C53H90O15/c1-3-5-7-9-11-13-15-17-19-20-22-23-25-27-29-31-33-35-44(55)63-38-41(66-45(56)36-34-32-30-28-26-24-21-18-16-14-12-10-8-6-4-2)39-64-52-51(62)49(60)47(58)43(68-52)40-65-53-50(61)48(59)46(57)42(37-54)67-53/h5,7,11,13,17,19,22-23,27,29,41-43,46-54,57-62H,3-4,6,8-10,12,14-16,18,20-21,24-26,28,30-40H2,1-2H3/b7-5+,13-11+,19-17+,23-22+,29-27+/t41-,42+,43+,46-,47-,48?,49?,50?,51?,52+,53+/m0/s1. The smallest absolute Gasteiger partial charge is 0.306 e. The summed E-state index contributed by atoms with van der Waals surface area (Å²) < 4.78 is 33.5. The van der Waals surface area contributed by atoms with E-state index in [1.807, 2.05) is 12.2 Å². The van der Waals surface area contributed by atoms with Crippen molar-refractivity contribution in [1.29, 1.82) is 0 Å². The molecule has 0 aliphatic carbocycles. The van der Waals surface area contributed by atoms with Crippen molar-refractivity contribution >= 4 is 11.9 Å². The molecule has 0 saturated carbocycles. The minimum atomic E-state index is -1.77. The molecule has 392 valence electrons. The molecule has 2 saturated heterocycles. The molecule has 2 aliphatic heterocycles. The summed E-state index contributed by atoms with van der Waals surface area (Å²) in [5.41, 5.74) is 0. The van der Waals surface area contributed by atoms with E-state index >= 15 is 0 Å². The third kappa shape index (κ3) is 27.6. The summed E-state index contributed by atoms with van der Waals surface area (Å²) in [5.74, 6) is -0.993. The molecule has 7 N–H and O–H groups in total.